The van der Waals surface area contributed by atoms with Crippen molar-refractivity contribution in [2.24, 2.45) is 0 Å². The molecule has 0 radical (unpaired) electrons. The molecule has 1 fully saturated rings. The van der Waals surface area contributed by atoms with Crippen LogP contribution in [-0.2, 0) is 22.9 Å². The second-order valence-electron chi connectivity index (χ2n) is 9.03. The van der Waals surface area contributed by atoms with Crippen molar-refractivity contribution < 1.29 is 13.2 Å². The fourth-order valence-electron chi connectivity index (χ4n) is 4.97. The molecule has 2 aliphatic heterocycles. The topological polar surface area (TPSA) is 60.9 Å². The first-order valence-corrected chi connectivity index (χ1v) is 13.4. The molecule has 1 atom stereocenters. The summed E-state index contributed by atoms with van der Waals surface area (Å²) in [5.41, 5.74) is 3.67. The summed E-state index contributed by atoms with van der Waals surface area (Å²) in [6, 6.07) is 15.9. The number of carbonyl (C=O) groups is 1. The van der Waals surface area contributed by atoms with Gasteiger partial charge in [0.05, 0.1) is 11.9 Å². The molecule has 2 heterocycles. The first-order chi connectivity index (χ1) is 15.3. The van der Waals surface area contributed by atoms with Crippen LogP contribution in [0.2, 0.25) is 0 Å². The Morgan fingerprint density at radius 3 is 2.56 bits per heavy atom. The highest BCUT2D eigenvalue weighted by molar-refractivity contribution is 7.92. The van der Waals surface area contributed by atoms with E-state index in [1.165, 1.54) is 16.1 Å². The maximum Gasteiger partial charge on any atom is 0.253 e. The van der Waals surface area contributed by atoms with Gasteiger partial charge in [0.1, 0.15) is 0 Å². The fourth-order valence-corrected chi connectivity index (χ4v) is 6.24. The zero-order valence-electron chi connectivity index (χ0n) is 19.0. The molecule has 4 rings (SSSR count). The van der Waals surface area contributed by atoms with E-state index in [0.29, 0.717) is 17.7 Å². The van der Waals surface area contributed by atoms with Crippen LogP contribution in [0.25, 0.3) is 0 Å². The van der Waals surface area contributed by atoms with Crippen LogP contribution in [0.15, 0.2) is 48.5 Å². The minimum atomic E-state index is -3.32. The molecule has 0 bridgehead atoms. The number of aryl methyl sites for hydroxylation is 1. The second kappa shape index (κ2) is 9.63. The Hall–Kier alpha value is -2.38. The molecular weight excluding hydrogens is 422 g/mol. The molecule has 1 saturated heterocycles. The van der Waals surface area contributed by atoms with Gasteiger partial charge in [-0.15, -0.1) is 0 Å². The van der Waals surface area contributed by atoms with Crippen LogP contribution in [-0.4, -0.2) is 69.1 Å². The molecule has 6 nitrogen and oxygen atoms in total. The molecule has 172 valence electrons. The highest BCUT2D eigenvalue weighted by Gasteiger charge is 2.33. The Kier molecular flexibility index (Phi) is 6.86. The minimum absolute atomic E-state index is 0.0457. The van der Waals surface area contributed by atoms with Gasteiger partial charge < -0.3 is 9.80 Å². The number of rotatable bonds is 6. The maximum atomic E-state index is 13.2. The molecule has 2 aromatic rings. The van der Waals surface area contributed by atoms with E-state index in [1.807, 2.05) is 24.0 Å². The number of amides is 1. The van der Waals surface area contributed by atoms with E-state index in [-0.39, 0.29) is 11.9 Å². The van der Waals surface area contributed by atoms with Gasteiger partial charge in [0.25, 0.3) is 5.91 Å². The summed E-state index contributed by atoms with van der Waals surface area (Å²) in [6.07, 6.45) is 5.05. The van der Waals surface area contributed by atoms with E-state index in [9.17, 15) is 13.2 Å². The van der Waals surface area contributed by atoms with Gasteiger partial charge in [0.2, 0.25) is 10.0 Å². The van der Waals surface area contributed by atoms with Crippen LogP contribution in [0, 0.1) is 0 Å². The normalized spacial score (nSPS) is 19.6. The molecule has 7 heteroatoms. The van der Waals surface area contributed by atoms with Gasteiger partial charge in [-0.2, -0.15) is 0 Å². The molecule has 2 aliphatic rings. The van der Waals surface area contributed by atoms with E-state index >= 15 is 0 Å². The summed E-state index contributed by atoms with van der Waals surface area (Å²) in [5, 5.41) is 0. The third-order valence-corrected chi connectivity index (χ3v) is 7.77. The number of sulfonamides is 1. The molecule has 0 spiro atoms. The van der Waals surface area contributed by atoms with E-state index < -0.39 is 10.0 Å². The second-order valence-corrected chi connectivity index (χ2v) is 10.9. The van der Waals surface area contributed by atoms with Gasteiger partial charge in [-0.1, -0.05) is 30.3 Å². The lowest BCUT2D eigenvalue weighted by Crippen LogP contribution is -2.35. The summed E-state index contributed by atoms with van der Waals surface area (Å²) in [6.45, 7) is 6.36. The summed E-state index contributed by atoms with van der Waals surface area (Å²) in [5.74, 6) is 0.0457. The molecule has 0 saturated carbocycles. The van der Waals surface area contributed by atoms with Gasteiger partial charge in [-0.3, -0.25) is 9.10 Å². The first-order valence-electron chi connectivity index (χ1n) is 11.5. The van der Waals surface area contributed by atoms with Crippen molar-refractivity contribution >= 4 is 21.6 Å². The molecule has 2 aromatic carbocycles. The van der Waals surface area contributed by atoms with Crippen LogP contribution in [0.3, 0.4) is 0 Å². The van der Waals surface area contributed by atoms with Gasteiger partial charge in [-0.05, 0) is 75.0 Å². The average Bonchev–Trinajstić information content (AvgIpc) is 2.93. The minimum Gasteiger partial charge on any atom is -0.337 e. The number of benzene rings is 2. The number of hydrogen-bond acceptors (Lipinski definition) is 4. The van der Waals surface area contributed by atoms with Gasteiger partial charge >= 0.3 is 0 Å². The quantitative estimate of drug-likeness (QED) is 0.671. The van der Waals surface area contributed by atoms with E-state index in [2.05, 4.69) is 29.2 Å². The number of anilines is 1. The molecule has 0 N–H and O–H groups in total. The number of fused-ring (bicyclic) bond motifs is 1. The zero-order chi connectivity index (χ0) is 22.7. The monoisotopic (exact) mass is 455 g/mol. The summed E-state index contributed by atoms with van der Waals surface area (Å²) < 4.78 is 25.8. The molecule has 0 aliphatic carbocycles. The van der Waals surface area contributed by atoms with Gasteiger partial charge in [0, 0.05) is 31.2 Å². The molecule has 1 unspecified atom stereocenters. The highest BCUT2D eigenvalue weighted by Crippen LogP contribution is 2.35. The van der Waals surface area contributed by atoms with Gasteiger partial charge in [-0.25, -0.2) is 8.42 Å². The Balaban J connectivity index is 1.35. The lowest BCUT2D eigenvalue weighted by Gasteiger charge is -2.23. The average molecular weight is 456 g/mol. The number of hydrogen-bond donors (Lipinski definition) is 0. The summed E-state index contributed by atoms with van der Waals surface area (Å²) in [4.78, 5) is 17.6. The fraction of sp³-hybridized carbons (Fsp3) is 0.480. The van der Waals surface area contributed by atoms with Crippen molar-refractivity contribution in [3.63, 3.8) is 0 Å². The Labute approximate surface area is 191 Å². The Morgan fingerprint density at radius 1 is 1.03 bits per heavy atom. The smallest absolute Gasteiger partial charge is 0.253 e. The predicted octanol–water partition coefficient (Wildman–Crippen LogP) is 3.18. The summed E-state index contributed by atoms with van der Waals surface area (Å²) >= 11 is 0. The number of carbonyl (C=O) groups excluding carboxylic acids is 1. The Bertz CT molecular complexity index is 1060. The van der Waals surface area contributed by atoms with Crippen LogP contribution in [0.1, 0.15) is 41.3 Å². The molecule has 1 amide bonds. The van der Waals surface area contributed by atoms with Crippen molar-refractivity contribution in [2.75, 3.05) is 43.3 Å². The third kappa shape index (κ3) is 5.15. The van der Waals surface area contributed by atoms with E-state index in [4.69, 9.17) is 0 Å². The maximum absolute atomic E-state index is 13.2. The number of nitrogens with zero attached hydrogens (tertiary/aromatic N) is 3. The SMILES string of the molecule is CC1Cc2cc(C(=O)N3CCCN(CCCc4ccccc4)CC3)ccc2N1S(C)(=O)=O. The van der Waals surface area contributed by atoms with E-state index in [1.54, 1.807) is 12.1 Å². The van der Waals surface area contributed by atoms with E-state index in [0.717, 1.165) is 57.5 Å². The lowest BCUT2D eigenvalue weighted by atomic mass is 10.1. The zero-order valence-corrected chi connectivity index (χ0v) is 19.9. The third-order valence-electron chi connectivity index (χ3n) is 6.50. The molecule has 0 aromatic heterocycles. The van der Waals surface area contributed by atoms with Crippen molar-refractivity contribution in [1.29, 1.82) is 0 Å². The largest absolute Gasteiger partial charge is 0.337 e. The Morgan fingerprint density at radius 2 is 1.81 bits per heavy atom. The van der Waals surface area contributed by atoms with Crippen molar-refractivity contribution in [3.8, 4) is 0 Å². The van der Waals surface area contributed by atoms with Crippen LogP contribution < -0.4 is 4.31 Å². The highest BCUT2D eigenvalue weighted by atomic mass is 32.2. The summed E-state index contributed by atoms with van der Waals surface area (Å²) in [7, 11) is -3.32. The van der Waals surface area contributed by atoms with Crippen LogP contribution >= 0.6 is 0 Å². The standard InChI is InChI=1S/C25H33N3O3S/c1-20-18-23-19-22(11-12-24(23)28(20)32(2,30)31)25(29)27-15-7-14-26(16-17-27)13-6-10-21-8-4-3-5-9-21/h3-5,8-9,11-12,19-20H,6-7,10,13-18H2,1-2H3. The van der Waals surface area contributed by atoms with Gasteiger partial charge in [0.15, 0.2) is 0 Å². The molecular formula is C25H33N3O3S. The van der Waals surface area contributed by atoms with Crippen molar-refractivity contribution in [3.05, 3.63) is 65.2 Å². The predicted molar refractivity (Wildman–Crippen MR) is 129 cm³/mol. The first kappa shape index (κ1) is 22.8. The van der Waals surface area contributed by atoms with Crippen LogP contribution in [0.4, 0.5) is 5.69 Å². The van der Waals surface area contributed by atoms with Crippen LogP contribution in [0.5, 0.6) is 0 Å². The van der Waals surface area contributed by atoms with Crippen molar-refractivity contribution in [2.45, 2.75) is 38.6 Å². The lowest BCUT2D eigenvalue weighted by molar-refractivity contribution is 0.0761. The molecule has 32 heavy (non-hydrogen) atoms. The van der Waals surface area contributed by atoms with Crippen molar-refractivity contribution in [1.82, 2.24) is 9.80 Å².